The van der Waals surface area contributed by atoms with Gasteiger partial charge in [0.15, 0.2) is 0 Å². The van der Waals surface area contributed by atoms with Gasteiger partial charge in [0.2, 0.25) is 0 Å². The first-order valence-corrected chi connectivity index (χ1v) is 7.78. The SMILES string of the molecule is CC(C)NCc1ccc(N2CCn3ccnc3C2)c(Cl)c1. The third-order valence-electron chi connectivity index (χ3n) is 3.81. The van der Waals surface area contributed by atoms with Gasteiger partial charge in [-0.05, 0) is 17.7 Å². The maximum absolute atomic E-state index is 6.48. The van der Waals surface area contributed by atoms with Crippen molar-refractivity contribution in [3.63, 3.8) is 0 Å². The molecule has 21 heavy (non-hydrogen) atoms. The number of benzene rings is 1. The first kappa shape index (κ1) is 14.4. The van der Waals surface area contributed by atoms with Gasteiger partial charge in [-0.15, -0.1) is 0 Å². The van der Waals surface area contributed by atoms with E-state index in [4.69, 9.17) is 11.6 Å². The van der Waals surface area contributed by atoms with Crippen LogP contribution in [0.3, 0.4) is 0 Å². The van der Waals surface area contributed by atoms with Crippen LogP contribution in [0.5, 0.6) is 0 Å². The zero-order chi connectivity index (χ0) is 14.8. The van der Waals surface area contributed by atoms with Gasteiger partial charge in [-0.1, -0.05) is 31.5 Å². The lowest BCUT2D eigenvalue weighted by atomic mass is 10.1. The number of nitrogens with one attached hydrogen (secondary N) is 1. The molecule has 1 aliphatic rings. The average Bonchev–Trinajstić information content (AvgIpc) is 2.92. The Labute approximate surface area is 130 Å². The number of hydrogen-bond acceptors (Lipinski definition) is 3. The zero-order valence-electron chi connectivity index (χ0n) is 12.5. The van der Waals surface area contributed by atoms with E-state index in [1.807, 2.05) is 12.4 Å². The Balaban J connectivity index is 1.74. The van der Waals surface area contributed by atoms with Crippen molar-refractivity contribution < 1.29 is 0 Å². The molecule has 0 saturated carbocycles. The fraction of sp³-hybridized carbons (Fsp3) is 0.438. The standard InChI is InChI=1S/C16H21ClN4/c1-12(2)19-10-13-3-4-15(14(17)9-13)21-8-7-20-6-5-18-16(20)11-21/h3-6,9,12,19H,7-8,10-11H2,1-2H3. The number of fused-ring (bicyclic) bond motifs is 1. The fourth-order valence-electron chi connectivity index (χ4n) is 2.62. The van der Waals surface area contributed by atoms with Gasteiger partial charge < -0.3 is 14.8 Å². The Morgan fingerprint density at radius 1 is 1.33 bits per heavy atom. The van der Waals surface area contributed by atoms with E-state index in [2.05, 4.69) is 51.8 Å². The van der Waals surface area contributed by atoms with Gasteiger partial charge in [0.05, 0.1) is 17.3 Å². The van der Waals surface area contributed by atoms with Crippen LogP contribution in [0.2, 0.25) is 5.02 Å². The van der Waals surface area contributed by atoms with Crippen LogP contribution < -0.4 is 10.2 Å². The molecule has 4 nitrogen and oxygen atoms in total. The van der Waals surface area contributed by atoms with Crippen molar-refractivity contribution in [2.45, 2.75) is 39.5 Å². The van der Waals surface area contributed by atoms with Crippen molar-refractivity contribution in [2.75, 3.05) is 11.4 Å². The lowest BCUT2D eigenvalue weighted by molar-refractivity contribution is 0.560. The van der Waals surface area contributed by atoms with Crippen molar-refractivity contribution in [1.29, 1.82) is 0 Å². The molecule has 112 valence electrons. The van der Waals surface area contributed by atoms with E-state index in [0.29, 0.717) is 6.04 Å². The summed E-state index contributed by atoms with van der Waals surface area (Å²) in [4.78, 5) is 6.69. The molecular formula is C16H21ClN4. The summed E-state index contributed by atoms with van der Waals surface area (Å²) < 4.78 is 2.20. The summed E-state index contributed by atoms with van der Waals surface area (Å²) in [5.41, 5.74) is 2.31. The Hall–Kier alpha value is -1.52. The van der Waals surface area contributed by atoms with Gasteiger partial charge in [0, 0.05) is 38.1 Å². The molecule has 1 N–H and O–H groups in total. The highest BCUT2D eigenvalue weighted by atomic mass is 35.5. The maximum Gasteiger partial charge on any atom is 0.128 e. The predicted octanol–water partition coefficient (Wildman–Crippen LogP) is 3.05. The van der Waals surface area contributed by atoms with Crippen molar-refractivity contribution in [3.8, 4) is 0 Å². The molecule has 2 aromatic rings. The molecule has 1 aromatic heterocycles. The average molecular weight is 305 g/mol. The van der Waals surface area contributed by atoms with Gasteiger partial charge in [-0.2, -0.15) is 0 Å². The van der Waals surface area contributed by atoms with Gasteiger partial charge in [-0.3, -0.25) is 0 Å². The molecule has 0 spiro atoms. The third kappa shape index (κ3) is 3.22. The highest BCUT2D eigenvalue weighted by Crippen LogP contribution is 2.29. The first-order valence-electron chi connectivity index (χ1n) is 7.40. The summed E-state index contributed by atoms with van der Waals surface area (Å²) in [6.45, 7) is 7.88. The second kappa shape index (κ2) is 6.08. The zero-order valence-corrected chi connectivity index (χ0v) is 13.3. The van der Waals surface area contributed by atoms with Gasteiger partial charge >= 0.3 is 0 Å². The van der Waals surface area contributed by atoms with Crippen molar-refractivity contribution in [3.05, 3.63) is 47.0 Å². The summed E-state index contributed by atoms with van der Waals surface area (Å²) in [5.74, 6) is 1.10. The largest absolute Gasteiger partial charge is 0.361 e. The molecular weight excluding hydrogens is 284 g/mol. The molecule has 1 aromatic carbocycles. The number of imidazole rings is 1. The Morgan fingerprint density at radius 2 is 2.19 bits per heavy atom. The number of anilines is 1. The van der Waals surface area contributed by atoms with E-state index < -0.39 is 0 Å². The quantitative estimate of drug-likeness (QED) is 0.942. The summed E-state index contributed by atoms with van der Waals surface area (Å²) in [6.07, 6.45) is 3.90. The van der Waals surface area contributed by atoms with E-state index in [0.717, 1.165) is 42.7 Å². The molecule has 2 heterocycles. The second-order valence-corrected chi connectivity index (χ2v) is 6.19. The van der Waals surface area contributed by atoms with Crippen LogP contribution in [-0.4, -0.2) is 22.1 Å². The topological polar surface area (TPSA) is 33.1 Å². The number of aromatic nitrogens is 2. The molecule has 1 aliphatic heterocycles. The summed E-state index contributed by atoms with van der Waals surface area (Å²) in [6, 6.07) is 6.81. The number of rotatable bonds is 4. The highest BCUT2D eigenvalue weighted by Gasteiger charge is 2.18. The first-order chi connectivity index (χ1) is 10.1. The molecule has 0 atom stereocenters. The van der Waals surface area contributed by atoms with Crippen molar-refractivity contribution >= 4 is 17.3 Å². The van der Waals surface area contributed by atoms with E-state index >= 15 is 0 Å². The Kier molecular flexibility index (Phi) is 4.17. The summed E-state index contributed by atoms with van der Waals surface area (Å²) in [5, 5.41) is 4.23. The number of halogens is 1. The van der Waals surface area contributed by atoms with Crippen LogP contribution in [0.4, 0.5) is 5.69 Å². The second-order valence-electron chi connectivity index (χ2n) is 5.78. The van der Waals surface area contributed by atoms with Crippen molar-refractivity contribution in [1.82, 2.24) is 14.9 Å². The molecule has 0 unspecified atom stereocenters. The van der Waals surface area contributed by atoms with Crippen LogP contribution in [0, 0.1) is 0 Å². The molecule has 0 bridgehead atoms. The minimum absolute atomic E-state index is 0.476. The Bertz CT molecular complexity index is 620. The van der Waals surface area contributed by atoms with E-state index in [-0.39, 0.29) is 0 Å². The summed E-state index contributed by atoms with van der Waals surface area (Å²) in [7, 11) is 0. The van der Waals surface area contributed by atoms with Crippen LogP contribution >= 0.6 is 11.6 Å². The maximum atomic E-state index is 6.48. The molecule has 0 fully saturated rings. The van der Waals surface area contributed by atoms with Crippen LogP contribution in [0.15, 0.2) is 30.6 Å². The molecule has 0 saturated heterocycles. The molecule has 0 aliphatic carbocycles. The van der Waals surface area contributed by atoms with E-state index in [9.17, 15) is 0 Å². The lowest BCUT2D eigenvalue weighted by Crippen LogP contribution is -2.33. The van der Waals surface area contributed by atoms with Crippen LogP contribution in [0.25, 0.3) is 0 Å². The predicted molar refractivity (Wildman–Crippen MR) is 86.7 cm³/mol. The van der Waals surface area contributed by atoms with Crippen LogP contribution in [-0.2, 0) is 19.6 Å². The summed E-state index contributed by atoms with van der Waals surface area (Å²) >= 11 is 6.48. The number of hydrogen-bond donors (Lipinski definition) is 1. The minimum atomic E-state index is 0.476. The Morgan fingerprint density at radius 3 is 2.95 bits per heavy atom. The van der Waals surface area contributed by atoms with Gasteiger partial charge in [0.25, 0.3) is 0 Å². The molecule has 0 radical (unpaired) electrons. The smallest absolute Gasteiger partial charge is 0.128 e. The van der Waals surface area contributed by atoms with E-state index in [1.54, 1.807) is 0 Å². The normalized spacial score (nSPS) is 14.6. The fourth-order valence-corrected chi connectivity index (χ4v) is 2.94. The van der Waals surface area contributed by atoms with Gasteiger partial charge in [0.1, 0.15) is 5.82 Å². The molecule has 5 heteroatoms. The van der Waals surface area contributed by atoms with Crippen molar-refractivity contribution in [2.24, 2.45) is 0 Å². The minimum Gasteiger partial charge on any atom is -0.361 e. The number of nitrogens with zero attached hydrogens (tertiary/aromatic N) is 3. The third-order valence-corrected chi connectivity index (χ3v) is 4.11. The van der Waals surface area contributed by atoms with Gasteiger partial charge in [-0.25, -0.2) is 4.98 Å². The lowest BCUT2D eigenvalue weighted by Gasteiger charge is -2.30. The molecule has 0 amide bonds. The highest BCUT2D eigenvalue weighted by molar-refractivity contribution is 6.33. The molecule has 3 rings (SSSR count). The van der Waals surface area contributed by atoms with Crippen LogP contribution in [0.1, 0.15) is 25.2 Å². The monoisotopic (exact) mass is 304 g/mol. The van der Waals surface area contributed by atoms with E-state index in [1.165, 1.54) is 5.56 Å².